The zero-order valence-corrected chi connectivity index (χ0v) is 13.2. The van der Waals surface area contributed by atoms with Gasteiger partial charge in [0.05, 0.1) is 4.90 Å². The van der Waals surface area contributed by atoms with Crippen molar-refractivity contribution in [3.8, 4) is 0 Å². The fraction of sp³-hybridized carbons (Fsp3) is 0.500. The van der Waals surface area contributed by atoms with E-state index in [1.807, 2.05) is 25.1 Å². The highest BCUT2D eigenvalue weighted by molar-refractivity contribution is 7.89. The molecule has 0 saturated carbocycles. The van der Waals surface area contributed by atoms with Crippen molar-refractivity contribution >= 4 is 10.0 Å². The number of aliphatic hydroxyl groups excluding tert-OH is 1. The molecule has 2 atom stereocenters. The van der Waals surface area contributed by atoms with Gasteiger partial charge in [0.1, 0.15) is 0 Å². The van der Waals surface area contributed by atoms with E-state index in [0.29, 0.717) is 11.4 Å². The maximum Gasteiger partial charge on any atom is 0.243 e. The van der Waals surface area contributed by atoms with Crippen LogP contribution in [0.5, 0.6) is 0 Å². The molecule has 1 aromatic carbocycles. The molecule has 5 heteroatoms. The summed E-state index contributed by atoms with van der Waals surface area (Å²) in [7, 11) is -3.49. The quantitative estimate of drug-likeness (QED) is 0.821. The lowest BCUT2D eigenvalue weighted by Crippen LogP contribution is -2.35. The van der Waals surface area contributed by atoms with Crippen LogP contribution >= 0.6 is 0 Å². The van der Waals surface area contributed by atoms with Crippen molar-refractivity contribution in [1.82, 2.24) is 4.31 Å². The first-order valence-electron chi connectivity index (χ1n) is 7.29. The highest BCUT2D eigenvalue weighted by atomic mass is 32.2. The number of aryl methyl sites for hydroxylation is 1. The Morgan fingerprint density at radius 1 is 1.38 bits per heavy atom. The fourth-order valence-corrected chi connectivity index (χ4v) is 4.57. The Kier molecular flexibility index (Phi) is 5.19. The van der Waals surface area contributed by atoms with Gasteiger partial charge < -0.3 is 5.11 Å². The molecule has 0 aromatic heterocycles. The highest BCUT2D eigenvalue weighted by Gasteiger charge is 2.39. The molecule has 0 aliphatic carbocycles. The van der Waals surface area contributed by atoms with Crippen LogP contribution in [-0.2, 0) is 10.0 Å². The van der Waals surface area contributed by atoms with E-state index in [0.717, 1.165) is 24.8 Å². The molecule has 0 radical (unpaired) electrons. The highest BCUT2D eigenvalue weighted by Crippen LogP contribution is 2.31. The third-order valence-corrected chi connectivity index (χ3v) is 5.97. The summed E-state index contributed by atoms with van der Waals surface area (Å²) in [4.78, 5) is 0.329. The largest absolute Gasteiger partial charge is 0.396 e. The molecule has 116 valence electrons. The SMILES string of the molecule is C=CCC[C@@H]1C[C@@H](CO)CN1S(=O)(=O)c1ccc(C)cc1. The molecule has 0 unspecified atom stereocenters. The first-order chi connectivity index (χ1) is 9.98. The number of rotatable bonds is 6. The Balaban J connectivity index is 2.27. The summed E-state index contributed by atoms with van der Waals surface area (Å²) < 4.78 is 27.2. The molecule has 1 N–H and O–H groups in total. The maximum absolute atomic E-state index is 12.8. The third-order valence-electron chi connectivity index (χ3n) is 4.04. The van der Waals surface area contributed by atoms with Gasteiger partial charge in [-0.15, -0.1) is 6.58 Å². The molecular weight excluding hydrogens is 286 g/mol. The van der Waals surface area contributed by atoms with Gasteiger partial charge in [0, 0.05) is 19.2 Å². The van der Waals surface area contributed by atoms with Crippen LogP contribution in [0.1, 0.15) is 24.8 Å². The van der Waals surface area contributed by atoms with Crippen LogP contribution in [0.2, 0.25) is 0 Å². The van der Waals surface area contributed by atoms with Crippen molar-refractivity contribution in [3.05, 3.63) is 42.5 Å². The third kappa shape index (κ3) is 3.54. The average molecular weight is 309 g/mol. The van der Waals surface area contributed by atoms with E-state index >= 15 is 0 Å². The maximum atomic E-state index is 12.8. The Hall–Kier alpha value is -1.17. The molecule has 21 heavy (non-hydrogen) atoms. The number of nitrogens with zero attached hydrogens (tertiary/aromatic N) is 1. The molecule has 1 aliphatic heterocycles. The van der Waals surface area contributed by atoms with Crippen LogP contribution in [0, 0.1) is 12.8 Å². The minimum atomic E-state index is -3.49. The summed E-state index contributed by atoms with van der Waals surface area (Å²) in [5.74, 6) is 0.0278. The predicted molar refractivity (Wildman–Crippen MR) is 83.5 cm³/mol. The van der Waals surface area contributed by atoms with E-state index in [-0.39, 0.29) is 18.6 Å². The van der Waals surface area contributed by atoms with Gasteiger partial charge in [-0.3, -0.25) is 0 Å². The van der Waals surface area contributed by atoms with Crippen LogP contribution in [0.4, 0.5) is 0 Å². The van der Waals surface area contributed by atoms with Crippen LogP contribution in [0.25, 0.3) is 0 Å². The van der Waals surface area contributed by atoms with Crippen molar-refractivity contribution in [1.29, 1.82) is 0 Å². The smallest absolute Gasteiger partial charge is 0.243 e. The van der Waals surface area contributed by atoms with Gasteiger partial charge in [-0.25, -0.2) is 8.42 Å². The molecular formula is C16H23NO3S. The van der Waals surface area contributed by atoms with Gasteiger partial charge >= 0.3 is 0 Å². The van der Waals surface area contributed by atoms with Crippen molar-refractivity contribution < 1.29 is 13.5 Å². The van der Waals surface area contributed by atoms with E-state index in [2.05, 4.69) is 6.58 Å². The second-order valence-corrected chi connectivity index (χ2v) is 7.58. The monoisotopic (exact) mass is 309 g/mol. The van der Waals surface area contributed by atoms with E-state index in [1.165, 1.54) is 0 Å². The number of sulfonamides is 1. The summed E-state index contributed by atoms with van der Waals surface area (Å²) >= 11 is 0. The number of benzene rings is 1. The lowest BCUT2D eigenvalue weighted by atomic mass is 10.0. The van der Waals surface area contributed by atoms with Gasteiger partial charge in [-0.1, -0.05) is 23.8 Å². The van der Waals surface area contributed by atoms with Crippen LogP contribution < -0.4 is 0 Å². The van der Waals surface area contributed by atoms with Gasteiger partial charge in [0.15, 0.2) is 0 Å². The molecule has 1 heterocycles. The molecule has 1 aliphatic rings. The van der Waals surface area contributed by atoms with Crippen LogP contribution in [-0.4, -0.2) is 37.0 Å². The number of aliphatic hydroxyl groups is 1. The van der Waals surface area contributed by atoms with Crippen LogP contribution in [0.15, 0.2) is 41.8 Å². The summed E-state index contributed by atoms with van der Waals surface area (Å²) in [6.45, 7) is 6.06. The normalized spacial score (nSPS) is 23.3. The molecule has 2 rings (SSSR count). The minimum Gasteiger partial charge on any atom is -0.396 e. The number of hydrogen-bond donors (Lipinski definition) is 1. The standard InChI is InChI=1S/C16H23NO3S/c1-3-4-5-15-10-14(12-18)11-17(15)21(19,20)16-8-6-13(2)7-9-16/h3,6-9,14-15,18H,1,4-5,10-12H2,2H3/t14-,15-/m1/s1. The number of hydrogen-bond acceptors (Lipinski definition) is 3. The topological polar surface area (TPSA) is 57.6 Å². The summed E-state index contributed by atoms with van der Waals surface area (Å²) in [5.41, 5.74) is 1.03. The Morgan fingerprint density at radius 3 is 2.62 bits per heavy atom. The summed E-state index contributed by atoms with van der Waals surface area (Å²) in [6.07, 6.45) is 4.06. The zero-order chi connectivity index (χ0) is 15.5. The van der Waals surface area contributed by atoms with E-state index in [9.17, 15) is 13.5 Å². The Bertz CT molecular complexity index is 580. The van der Waals surface area contributed by atoms with Crippen molar-refractivity contribution in [2.45, 2.75) is 37.1 Å². The Labute approximate surface area is 127 Å². The van der Waals surface area contributed by atoms with Gasteiger partial charge in [-0.05, 0) is 44.2 Å². The van der Waals surface area contributed by atoms with Crippen molar-refractivity contribution in [2.24, 2.45) is 5.92 Å². The second-order valence-electron chi connectivity index (χ2n) is 5.69. The van der Waals surface area contributed by atoms with E-state index in [4.69, 9.17) is 0 Å². The molecule has 1 saturated heterocycles. The van der Waals surface area contributed by atoms with Crippen molar-refractivity contribution in [3.63, 3.8) is 0 Å². The molecule has 0 bridgehead atoms. The summed E-state index contributed by atoms with van der Waals surface area (Å²) in [6, 6.07) is 6.88. The lowest BCUT2D eigenvalue weighted by molar-refractivity contribution is 0.233. The van der Waals surface area contributed by atoms with Gasteiger partial charge in [0.2, 0.25) is 10.0 Å². The first kappa shape index (κ1) is 16.2. The molecule has 1 fully saturated rings. The van der Waals surface area contributed by atoms with Gasteiger partial charge in [0.25, 0.3) is 0 Å². The Morgan fingerprint density at radius 2 is 2.05 bits per heavy atom. The zero-order valence-electron chi connectivity index (χ0n) is 12.4. The molecule has 0 amide bonds. The van der Waals surface area contributed by atoms with E-state index in [1.54, 1.807) is 16.4 Å². The number of allylic oxidation sites excluding steroid dienone is 1. The van der Waals surface area contributed by atoms with Gasteiger partial charge in [-0.2, -0.15) is 4.31 Å². The molecule has 0 spiro atoms. The molecule has 4 nitrogen and oxygen atoms in total. The second kappa shape index (κ2) is 6.73. The fourth-order valence-electron chi connectivity index (χ4n) is 2.82. The van der Waals surface area contributed by atoms with Crippen molar-refractivity contribution in [2.75, 3.05) is 13.2 Å². The van der Waals surface area contributed by atoms with E-state index < -0.39 is 10.0 Å². The first-order valence-corrected chi connectivity index (χ1v) is 8.73. The van der Waals surface area contributed by atoms with Crippen LogP contribution in [0.3, 0.4) is 0 Å². The average Bonchev–Trinajstić information content (AvgIpc) is 2.89. The molecule has 1 aromatic rings. The minimum absolute atomic E-state index is 0.0278. The summed E-state index contributed by atoms with van der Waals surface area (Å²) in [5, 5.41) is 9.36. The lowest BCUT2D eigenvalue weighted by Gasteiger charge is -2.23. The predicted octanol–water partition coefficient (Wildman–Crippen LogP) is 2.33.